The number of hydrogen-bond acceptors (Lipinski definition) is 7. The molecule has 136 valence electrons. The molecule has 3 aromatic rings. The van der Waals surface area contributed by atoms with E-state index in [1.165, 1.54) is 23.1 Å². The van der Waals surface area contributed by atoms with Gasteiger partial charge in [-0.3, -0.25) is 4.79 Å². The van der Waals surface area contributed by atoms with Crippen LogP contribution >= 0.6 is 46.3 Å². The van der Waals surface area contributed by atoms with Crippen molar-refractivity contribution in [3.05, 3.63) is 38.9 Å². The van der Waals surface area contributed by atoms with Crippen molar-refractivity contribution in [2.75, 3.05) is 5.32 Å². The van der Waals surface area contributed by atoms with Gasteiger partial charge in [0.15, 0.2) is 0 Å². The highest BCUT2D eigenvalue weighted by Crippen LogP contribution is 2.32. The number of rotatable bonds is 5. The maximum absolute atomic E-state index is 12.4. The summed E-state index contributed by atoms with van der Waals surface area (Å²) >= 11 is 14.5. The molecule has 1 aromatic carbocycles. The number of carbonyl (C=O) groups is 1. The largest absolute Gasteiger partial charge is 0.410 e. The Morgan fingerprint density at radius 3 is 2.54 bits per heavy atom. The highest BCUT2D eigenvalue weighted by Gasteiger charge is 2.20. The zero-order chi connectivity index (χ0) is 18.8. The second-order valence-corrected chi connectivity index (χ2v) is 8.80. The summed E-state index contributed by atoms with van der Waals surface area (Å²) in [5, 5.41) is 12.5. The molecule has 0 aliphatic carbocycles. The number of amides is 1. The molecule has 0 spiro atoms. The first-order chi connectivity index (χ1) is 12.3. The average molecular weight is 429 g/mol. The van der Waals surface area contributed by atoms with Gasteiger partial charge < -0.3 is 9.73 Å². The quantitative estimate of drug-likeness (QED) is 0.559. The lowest BCUT2D eigenvalue weighted by Crippen LogP contribution is -2.22. The zero-order valence-electron chi connectivity index (χ0n) is 14.0. The van der Waals surface area contributed by atoms with Crippen molar-refractivity contribution in [2.45, 2.75) is 31.2 Å². The van der Waals surface area contributed by atoms with Gasteiger partial charge in [0.2, 0.25) is 5.91 Å². The lowest BCUT2D eigenvalue weighted by molar-refractivity contribution is -0.115. The molecule has 2 heterocycles. The van der Waals surface area contributed by atoms with Gasteiger partial charge >= 0.3 is 0 Å². The summed E-state index contributed by atoms with van der Waals surface area (Å²) in [6, 6.07) is 4.85. The van der Waals surface area contributed by atoms with Crippen LogP contribution in [0.2, 0.25) is 10.0 Å². The summed E-state index contributed by atoms with van der Waals surface area (Å²) in [5.41, 5.74) is 1.37. The van der Waals surface area contributed by atoms with Crippen LogP contribution in [0.5, 0.6) is 0 Å². The van der Waals surface area contributed by atoms with E-state index in [1.807, 2.05) is 13.8 Å². The number of aryl methyl sites for hydroxylation is 2. The highest BCUT2D eigenvalue weighted by molar-refractivity contribution is 8.00. The summed E-state index contributed by atoms with van der Waals surface area (Å²) in [7, 11) is 0. The van der Waals surface area contributed by atoms with Crippen molar-refractivity contribution in [1.82, 2.24) is 15.2 Å². The van der Waals surface area contributed by atoms with Crippen LogP contribution < -0.4 is 5.32 Å². The van der Waals surface area contributed by atoms with Crippen LogP contribution in [-0.2, 0) is 4.79 Å². The minimum atomic E-state index is -0.453. The Morgan fingerprint density at radius 1 is 1.23 bits per heavy atom. The number of nitrogens with one attached hydrogen (secondary N) is 1. The van der Waals surface area contributed by atoms with Gasteiger partial charge in [-0.15, -0.1) is 21.5 Å². The van der Waals surface area contributed by atoms with E-state index >= 15 is 0 Å². The maximum atomic E-state index is 12.4. The number of nitrogens with zero attached hydrogens (tertiary/aromatic N) is 3. The van der Waals surface area contributed by atoms with Crippen LogP contribution in [0.15, 0.2) is 27.8 Å². The summed E-state index contributed by atoms with van der Waals surface area (Å²) in [6.07, 6.45) is 0. The third-order valence-corrected chi connectivity index (χ3v) is 5.71. The van der Waals surface area contributed by atoms with Crippen molar-refractivity contribution in [1.29, 1.82) is 0 Å². The number of halogens is 2. The Bertz CT molecular complexity index is 937. The van der Waals surface area contributed by atoms with Gasteiger partial charge in [-0.2, -0.15) is 0 Å². The fraction of sp³-hybridized carbons (Fsp3) is 0.250. The number of aromatic nitrogens is 3. The second-order valence-electron chi connectivity index (χ2n) is 5.43. The van der Waals surface area contributed by atoms with E-state index in [0.717, 1.165) is 15.6 Å². The summed E-state index contributed by atoms with van der Waals surface area (Å²) in [5.74, 6) is 0.183. The Labute approximate surface area is 168 Å². The highest BCUT2D eigenvalue weighted by atomic mass is 35.5. The van der Waals surface area contributed by atoms with Crippen LogP contribution in [0, 0.1) is 13.8 Å². The molecule has 0 unspecified atom stereocenters. The molecule has 10 heteroatoms. The number of hydrogen-bond donors (Lipinski definition) is 1. The number of anilines is 1. The minimum Gasteiger partial charge on any atom is -0.410 e. The van der Waals surface area contributed by atoms with E-state index in [0.29, 0.717) is 26.8 Å². The molecule has 2 aromatic heterocycles. The monoisotopic (exact) mass is 428 g/mol. The number of carbonyl (C=O) groups excluding carboxylic acids is 1. The molecule has 0 saturated heterocycles. The minimum absolute atomic E-state index is 0.224. The second kappa shape index (κ2) is 7.96. The third kappa shape index (κ3) is 4.56. The fourth-order valence-corrected chi connectivity index (χ4v) is 4.20. The average Bonchev–Trinajstić information content (AvgIpc) is 3.12. The predicted octanol–water partition coefficient (Wildman–Crippen LogP) is 5.24. The molecule has 0 fully saturated rings. The van der Waals surface area contributed by atoms with E-state index in [4.69, 9.17) is 27.6 Å². The van der Waals surface area contributed by atoms with Gasteiger partial charge in [-0.25, -0.2) is 4.98 Å². The zero-order valence-corrected chi connectivity index (χ0v) is 17.2. The van der Waals surface area contributed by atoms with Gasteiger partial charge in [0.25, 0.3) is 11.1 Å². The number of thioether (sulfide) groups is 1. The Kier molecular flexibility index (Phi) is 5.86. The van der Waals surface area contributed by atoms with Crippen LogP contribution in [0.4, 0.5) is 5.69 Å². The van der Waals surface area contributed by atoms with Crippen LogP contribution in [0.1, 0.15) is 17.6 Å². The molecular formula is C16H14Cl2N4O2S2. The maximum Gasteiger partial charge on any atom is 0.277 e. The summed E-state index contributed by atoms with van der Waals surface area (Å²) in [6.45, 7) is 5.56. The molecule has 0 radical (unpaired) electrons. The first-order valence-corrected chi connectivity index (χ1v) is 9.98. The molecule has 0 saturated carbocycles. The molecule has 3 rings (SSSR count). The van der Waals surface area contributed by atoms with Gasteiger partial charge in [0.1, 0.15) is 4.88 Å². The van der Waals surface area contributed by atoms with Crippen molar-refractivity contribution < 1.29 is 9.21 Å². The van der Waals surface area contributed by atoms with Gasteiger partial charge in [0, 0.05) is 15.7 Å². The van der Waals surface area contributed by atoms with Gasteiger partial charge in [0.05, 0.1) is 16.0 Å². The van der Waals surface area contributed by atoms with E-state index < -0.39 is 5.25 Å². The normalized spacial score (nSPS) is 12.2. The summed E-state index contributed by atoms with van der Waals surface area (Å²) < 4.78 is 5.66. The lowest BCUT2D eigenvalue weighted by atomic mass is 10.3. The lowest BCUT2D eigenvalue weighted by Gasteiger charge is -2.10. The Balaban J connectivity index is 1.67. The molecule has 0 bridgehead atoms. The van der Waals surface area contributed by atoms with E-state index in [-0.39, 0.29) is 5.91 Å². The van der Waals surface area contributed by atoms with Crippen LogP contribution in [0.25, 0.3) is 10.8 Å². The van der Waals surface area contributed by atoms with Crippen molar-refractivity contribution in [3.63, 3.8) is 0 Å². The molecule has 26 heavy (non-hydrogen) atoms. The first kappa shape index (κ1) is 19.2. The molecule has 0 aliphatic rings. The SMILES string of the molecule is Cc1nc(C)c(-c2nnc(S[C@H](C)C(=O)Nc3cc(Cl)cc(Cl)c3)o2)s1. The van der Waals surface area contributed by atoms with Crippen molar-refractivity contribution in [2.24, 2.45) is 0 Å². The number of thiazole rings is 1. The van der Waals surface area contributed by atoms with Gasteiger partial charge in [-0.1, -0.05) is 35.0 Å². The Hall–Kier alpha value is -1.61. The van der Waals surface area contributed by atoms with Crippen LogP contribution in [-0.4, -0.2) is 26.3 Å². The standard InChI is InChI=1S/C16H14Cl2N4O2S2/c1-7-13(26-9(3)19-7)15-21-22-16(24-15)25-8(2)14(23)20-12-5-10(17)4-11(18)6-12/h4-6,8H,1-3H3,(H,20,23)/t8-/m1/s1. The van der Waals surface area contributed by atoms with Gasteiger partial charge in [-0.05, 0) is 39.0 Å². The van der Waals surface area contributed by atoms with Crippen molar-refractivity contribution >= 4 is 57.9 Å². The fourth-order valence-electron chi connectivity index (χ4n) is 2.15. The molecule has 0 aliphatic heterocycles. The third-order valence-electron chi connectivity index (χ3n) is 3.28. The molecule has 1 atom stereocenters. The van der Waals surface area contributed by atoms with E-state index in [1.54, 1.807) is 25.1 Å². The van der Waals surface area contributed by atoms with Crippen molar-refractivity contribution in [3.8, 4) is 10.8 Å². The topological polar surface area (TPSA) is 80.9 Å². The first-order valence-electron chi connectivity index (χ1n) is 7.53. The predicted molar refractivity (Wildman–Crippen MR) is 105 cm³/mol. The van der Waals surface area contributed by atoms with Crippen LogP contribution in [0.3, 0.4) is 0 Å². The van der Waals surface area contributed by atoms with E-state index in [2.05, 4.69) is 20.5 Å². The molecule has 1 amide bonds. The molecular weight excluding hydrogens is 415 g/mol. The molecule has 6 nitrogen and oxygen atoms in total. The Morgan fingerprint density at radius 2 is 1.92 bits per heavy atom. The number of benzene rings is 1. The smallest absolute Gasteiger partial charge is 0.277 e. The van der Waals surface area contributed by atoms with E-state index in [9.17, 15) is 4.79 Å². The summed E-state index contributed by atoms with van der Waals surface area (Å²) in [4.78, 5) is 17.5. The molecule has 1 N–H and O–H groups in total.